The van der Waals surface area contributed by atoms with Crippen molar-refractivity contribution in [3.8, 4) is 0 Å². The minimum Gasteiger partial charge on any atom is -0.405 e. The Bertz CT molecular complexity index is 601. The first-order chi connectivity index (χ1) is 9.13. The number of halogens is 1. The number of para-hydroxylation sites is 1. The van der Waals surface area contributed by atoms with Gasteiger partial charge >= 0.3 is 0 Å². The van der Waals surface area contributed by atoms with Gasteiger partial charge in [-0.3, -0.25) is 0 Å². The number of aromatic nitrogens is 2. The maximum Gasteiger partial charge on any atom is 0.151 e. The quantitative estimate of drug-likeness (QED) is 0.811. The number of hydrogen-bond donors (Lipinski definition) is 2. The molecule has 19 heavy (non-hydrogen) atoms. The van der Waals surface area contributed by atoms with E-state index in [1.165, 1.54) is 6.07 Å². The van der Waals surface area contributed by atoms with Gasteiger partial charge < -0.3 is 15.6 Å². The molecule has 0 spiro atoms. The summed E-state index contributed by atoms with van der Waals surface area (Å²) in [6.07, 6.45) is 2.51. The van der Waals surface area contributed by atoms with Gasteiger partial charge in [-0.05, 0) is 38.2 Å². The van der Waals surface area contributed by atoms with Crippen molar-refractivity contribution in [2.45, 2.75) is 19.9 Å². The molecule has 5 heteroatoms. The molecule has 2 aromatic rings. The Morgan fingerprint density at radius 1 is 1.53 bits per heavy atom. The van der Waals surface area contributed by atoms with Gasteiger partial charge in [0.25, 0.3) is 0 Å². The number of fused-ring (bicyclic) bond motifs is 1. The van der Waals surface area contributed by atoms with Crippen LogP contribution >= 0.6 is 0 Å². The van der Waals surface area contributed by atoms with Gasteiger partial charge in [0.15, 0.2) is 5.82 Å². The van der Waals surface area contributed by atoms with Crippen LogP contribution in [0.15, 0.2) is 30.0 Å². The third-order valence-electron chi connectivity index (χ3n) is 3.22. The van der Waals surface area contributed by atoms with Crippen LogP contribution in [0.4, 0.5) is 4.39 Å². The van der Waals surface area contributed by atoms with E-state index in [1.807, 2.05) is 24.6 Å². The lowest BCUT2D eigenvalue weighted by molar-refractivity contribution is 0.632. The van der Waals surface area contributed by atoms with Crippen molar-refractivity contribution < 1.29 is 4.39 Å². The highest BCUT2D eigenvalue weighted by Gasteiger charge is 2.10. The average molecular weight is 262 g/mol. The van der Waals surface area contributed by atoms with Gasteiger partial charge in [-0.15, -0.1) is 0 Å². The second kappa shape index (κ2) is 5.84. The fourth-order valence-electron chi connectivity index (χ4n) is 1.96. The van der Waals surface area contributed by atoms with Crippen LogP contribution < -0.4 is 11.1 Å². The van der Waals surface area contributed by atoms with Crippen LogP contribution in [0.2, 0.25) is 0 Å². The molecular formula is C14H19FN4. The van der Waals surface area contributed by atoms with Gasteiger partial charge in [0.2, 0.25) is 0 Å². The summed E-state index contributed by atoms with van der Waals surface area (Å²) in [5.41, 5.74) is 7.80. The zero-order valence-electron chi connectivity index (χ0n) is 11.3. The molecule has 3 N–H and O–H groups in total. The molecule has 0 atom stereocenters. The highest BCUT2D eigenvalue weighted by Crippen LogP contribution is 2.17. The normalized spacial score (nSPS) is 12.3. The zero-order chi connectivity index (χ0) is 13.8. The van der Waals surface area contributed by atoms with E-state index in [-0.39, 0.29) is 5.82 Å². The predicted molar refractivity (Wildman–Crippen MR) is 74.9 cm³/mol. The molecule has 0 aliphatic carbocycles. The van der Waals surface area contributed by atoms with Gasteiger partial charge in [-0.2, -0.15) is 0 Å². The Labute approximate surface area is 112 Å². The minimum absolute atomic E-state index is 0.277. The standard InChI is InChI=1S/C14H19FN4/c1-10(8-16)6-7-17-9-13-18-14-11(15)4-3-5-12(14)19(13)2/h3-5,8,17H,6-7,9,16H2,1-2H3/b10-8+. The summed E-state index contributed by atoms with van der Waals surface area (Å²) in [6, 6.07) is 5.00. The van der Waals surface area contributed by atoms with Crippen LogP contribution in [0.5, 0.6) is 0 Å². The van der Waals surface area contributed by atoms with E-state index in [9.17, 15) is 4.39 Å². The monoisotopic (exact) mass is 262 g/mol. The SMILES string of the molecule is C/C(=C\N)CCNCc1nc2c(F)cccc2n1C. The van der Waals surface area contributed by atoms with E-state index in [1.54, 1.807) is 12.3 Å². The van der Waals surface area contributed by atoms with Gasteiger partial charge in [0.1, 0.15) is 11.3 Å². The van der Waals surface area contributed by atoms with Crippen molar-refractivity contribution in [1.29, 1.82) is 0 Å². The van der Waals surface area contributed by atoms with E-state index < -0.39 is 0 Å². The van der Waals surface area contributed by atoms with E-state index in [4.69, 9.17) is 5.73 Å². The lowest BCUT2D eigenvalue weighted by Gasteiger charge is -2.05. The van der Waals surface area contributed by atoms with Crippen LogP contribution in [0, 0.1) is 5.82 Å². The van der Waals surface area contributed by atoms with E-state index in [0.29, 0.717) is 12.1 Å². The number of nitrogens with one attached hydrogen (secondary N) is 1. The molecule has 0 aliphatic rings. The Morgan fingerprint density at radius 3 is 3.00 bits per heavy atom. The van der Waals surface area contributed by atoms with Crippen LogP contribution in [0.3, 0.4) is 0 Å². The molecular weight excluding hydrogens is 243 g/mol. The Hall–Kier alpha value is -1.88. The molecule has 1 heterocycles. The fourth-order valence-corrected chi connectivity index (χ4v) is 1.96. The van der Waals surface area contributed by atoms with Crippen LogP contribution in [-0.4, -0.2) is 16.1 Å². The summed E-state index contributed by atoms with van der Waals surface area (Å²) in [5.74, 6) is 0.552. The van der Waals surface area contributed by atoms with Crippen molar-refractivity contribution in [1.82, 2.24) is 14.9 Å². The molecule has 4 nitrogen and oxygen atoms in total. The molecule has 0 saturated carbocycles. The van der Waals surface area contributed by atoms with Crippen LogP contribution in [0.1, 0.15) is 19.2 Å². The molecule has 0 radical (unpaired) electrons. The highest BCUT2D eigenvalue weighted by atomic mass is 19.1. The Kier molecular flexibility index (Phi) is 4.16. The molecule has 0 saturated heterocycles. The van der Waals surface area contributed by atoms with E-state index >= 15 is 0 Å². The maximum absolute atomic E-state index is 13.6. The average Bonchev–Trinajstić information content (AvgIpc) is 2.73. The lowest BCUT2D eigenvalue weighted by atomic mass is 10.2. The Morgan fingerprint density at radius 2 is 2.32 bits per heavy atom. The lowest BCUT2D eigenvalue weighted by Crippen LogP contribution is -2.17. The third-order valence-corrected chi connectivity index (χ3v) is 3.22. The number of nitrogens with two attached hydrogens (primary N) is 1. The van der Waals surface area contributed by atoms with E-state index in [2.05, 4.69) is 10.3 Å². The molecule has 0 aliphatic heterocycles. The number of hydrogen-bond acceptors (Lipinski definition) is 3. The Balaban J connectivity index is 2.05. The van der Waals surface area contributed by atoms with Crippen LogP contribution in [-0.2, 0) is 13.6 Å². The minimum atomic E-state index is -0.277. The van der Waals surface area contributed by atoms with Crippen molar-refractivity contribution in [2.75, 3.05) is 6.54 Å². The number of aryl methyl sites for hydroxylation is 1. The molecule has 102 valence electrons. The fraction of sp³-hybridized carbons (Fsp3) is 0.357. The van der Waals surface area contributed by atoms with E-state index in [0.717, 1.165) is 29.9 Å². The summed E-state index contributed by atoms with van der Waals surface area (Å²) in [4.78, 5) is 4.33. The largest absolute Gasteiger partial charge is 0.405 e. The third kappa shape index (κ3) is 2.93. The summed E-state index contributed by atoms with van der Waals surface area (Å²) in [7, 11) is 1.90. The molecule has 1 aromatic carbocycles. The first-order valence-corrected chi connectivity index (χ1v) is 6.31. The zero-order valence-corrected chi connectivity index (χ0v) is 11.3. The predicted octanol–water partition coefficient (Wildman–Crippen LogP) is 2.05. The number of nitrogens with zero attached hydrogens (tertiary/aromatic N) is 2. The van der Waals surface area contributed by atoms with Crippen molar-refractivity contribution in [3.05, 3.63) is 41.6 Å². The summed E-state index contributed by atoms with van der Waals surface area (Å²) >= 11 is 0. The topological polar surface area (TPSA) is 55.9 Å². The van der Waals surface area contributed by atoms with Crippen molar-refractivity contribution >= 4 is 11.0 Å². The highest BCUT2D eigenvalue weighted by molar-refractivity contribution is 5.76. The molecule has 0 amide bonds. The smallest absolute Gasteiger partial charge is 0.151 e. The molecule has 2 rings (SSSR count). The number of benzene rings is 1. The molecule has 0 fully saturated rings. The summed E-state index contributed by atoms with van der Waals surface area (Å²) in [5, 5.41) is 3.29. The van der Waals surface area contributed by atoms with Crippen molar-refractivity contribution in [3.63, 3.8) is 0 Å². The van der Waals surface area contributed by atoms with Crippen LogP contribution in [0.25, 0.3) is 11.0 Å². The second-order valence-corrected chi connectivity index (χ2v) is 4.63. The maximum atomic E-state index is 13.6. The number of rotatable bonds is 5. The van der Waals surface area contributed by atoms with Gasteiger partial charge in [-0.1, -0.05) is 11.6 Å². The van der Waals surface area contributed by atoms with Gasteiger partial charge in [0.05, 0.1) is 12.1 Å². The first-order valence-electron chi connectivity index (χ1n) is 6.31. The molecule has 0 bridgehead atoms. The second-order valence-electron chi connectivity index (χ2n) is 4.63. The van der Waals surface area contributed by atoms with Crippen molar-refractivity contribution in [2.24, 2.45) is 12.8 Å². The molecule has 0 unspecified atom stereocenters. The summed E-state index contributed by atoms with van der Waals surface area (Å²) < 4.78 is 15.5. The first kappa shape index (κ1) is 13.5. The summed E-state index contributed by atoms with van der Waals surface area (Å²) in [6.45, 7) is 3.43. The number of imidazole rings is 1. The van der Waals surface area contributed by atoms with Gasteiger partial charge in [0, 0.05) is 7.05 Å². The molecule has 1 aromatic heterocycles. The van der Waals surface area contributed by atoms with Gasteiger partial charge in [-0.25, -0.2) is 9.37 Å².